The number of rotatable bonds is 72. The molecular weight excluding hydrogens is 1350 g/mol. The maximum Gasteiger partial charge on any atom is 0.472 e. The van der Waals surface area contributed by atoms with Crippen LogP contribution in [0, 0.1) is 0 Å². The summed E-state index contributed by atoms with van der Waals surface area (Å²) in [5, 5.41) is 10.6. The molecule has 590 valence electrons. The molecule has 0 rings (SSSR count). The summed E-state index contributed by atoms with van der Waals surface area (Å²) >= 11 is 0. The average Bonchev–Trinajstić information content (AvgIpc) is 0.928. The van der Waals surface area contributed by atoms with Crippen LogP contribution in [0.3, 0.4) is 0 Å². The van der Waals surface area contributed by atoms with Gasteiger partial charge in [-0.15, -0.1) is 0 Å². The lowest BCUT2D eigenvalue weighted by atomic mass is 10.1. The predicted molar refractivity (Wildman–Crippen MR) is 426 cm³/mol. The number of unbranched alkanes of at least 4 members (excludes halogenated alkanes) is 18. The molecule has 0 aromatic heterocycles. The molecule has 0 spiro atoms. The number of hydrogen-bond donors (Lipinski definition) is 3. The Hall–Kier alpha value is -5.58. The van der Waals surface area contributed by atoms with E-state index in [-0.39, 0.29) is 25.7 Å². The van der Waals surface area contributed by atoms with Crippen LogP contribution < -0.4 is 0 Å². The van der Waals surface area contributed by atoms with E-state index in [9.17, 15) is 43.2 Å². The van der Waals surface area contributed by atoms with Crippen LogP contribution in [0.2, 0.25) is 0 Å². The monoisotopic (exact) mass is 1490 g/mol. The summed E-state index contributed by atoms with van der Waals surface area (Å²) in [6.07, 6.45) is 89.5. The number of carbonyl (C=O) groups excluding carboxylic acids is 4. The van der Waals surface area contributed by atoms with Crippen LogP contribution in [0.5, 0.6) is 0 Å². The average molecular weight is 1490 g/mol. The molecule has 17 nitrogen and oxygen atoms in total. The molecular formula is C85H138O17P2. The Kier molecular flexibility index (Phi) is 71.6. The molecule has 0 aliphatic heterocycles. The minimum Gasteiger partial charge on any atom is -0.462 e. The van der Waals surface area contributed by atoms with E-state index in [1.54, 1.807) is 0 Å². The second kappa shape index (κ2) is 75.6. The van der Waals surface area contributed by atoms with Gasteiger partial charge in [0.2, 0.25) is 0 Å². The summed E-state index contributed by atoms with van der Waals surface area (Å²) < 4.78 is 68.3. The van der Waals surface area contributed by atoms with Crippen molar-refractivity contribution in [2.45, 2.75) is 303 Å². The molecule has 0 aromatic rings. The fourth-order valence-electron chi connectivity index (χ4n) is 9.72. The summed E-state index contributed by atoms with van der Waals surface area (Å²) in [4.78, 5) is 72.9. The first-order valence-electron chi connectivity index (χ1n) is 39.4. The number of ether oxygens (including phenoxy) is 4. The number of carbonyl (C=O) groups is 4. The van der Waals surface area contributed by atoms with E-state index in [1.807, 2.05) is 36.5 Å². The SMILES string of the molecule is CC/C=C\C/C=C\C/C=C\C/C=C\C/C=C\C/C=C\CCC(=O)OCC(COP(=O)(O)OCC(O)COP(=O)(O)OCC(COC(=O)CCCCCCC/C=C\CCCCCCCC)OC(=O)CCCCCCC/C=C\CCCC)OC(=O)CC/C=C\C/C=C\C/C=C\C/C=C\C/C=C\C/C=C\CC. The van der Waals surface area contributed by atoms with Gasteiger partial charge >= 0.3 is 39.5 Å². The highest BCUT2D eigenvalue weighted by molar-refractivity contribution is 7.47. The van der Waals surface area contributed by atoms with Crippen molar-refractivity contribution in [3.05, 3.63) is 170 Å². The van der Waals surface area contributed by atoms with Crippen LogP contribution in [-0.2, 0) is 65.4 Å². The van der Waals surface area contributed by atoms with Gasteiger partial charge in [0.05, 0.1) is 26.4 Å². The Labute approximate surface area is 629 Å². The van der Waals surface area contributed by atoms with E-state index in [0.29, 0.717) is 38.5 Å². The lowest BCUT2D eigenvalue weighted by molar-refractivity contribution is -0.161. The van der Waals surface area contributed by atoms with E-state index in [2.05, 4.69) is 161 Å². The molecule has 0 amide bonds. The summed E-state index contributed by atoms with van der Waals surface area (Å²) in [5.74, 6) is -2.40. The zero-order valence-electron chi connectivity index (χ0n) is 64.4. The molecule has 0 heterocycles. The van der Waals surface area contributed by atoms with Gasteiger partial charge in [-0.1, -0.05) is 281 Å². The molecule has 0 aromatic carbocycles. The smallest absolute Gasteiger partial charge is 0.462 e. The van der Waals surface area contributed by atoms with Gasteiger partial charge in [0.1, 0.15) is 19.3 Å². The minimum atomic E-state index is -5.02. The highest BCUT2D eigenvalue weighted by Gasteiger charge is 2.30. The van der Waals surface area contributed by atoms with Crippen LogP contribution in [-0.4, -0.2) is 96.7 Å². The number of phosphoric acid groups is 2. The summed E-state index contributed by atoms with van der Waals surface area (Å²) in [6.45, 7) is 4.39. The largest absolute Gasteiger partial charge is 0.472 e. The molecule has 19 heteroatoms. The predicted octanol–water partition coefficient (Wildman–Crippen LogP) is 23.0. The van der Waals surface area contributed by atoms with Crippen molar-refractivity contribution < 1.29 is 80.2 Å². The number of aliphatic hydroxyl groups excluding tert-OH is 1. The Morgan fingerprint density at radius 3 is 0.875 bits per heavy atom. The van der Waals surface area contributed by atoms with Gasteiger partial charge < -0.3 is 33.8 Å². The number of phosphoric ester groups is 2. The number of allylic oxidation sites excluding steroid dienone is 28. The Bertz CT molecular complexity index is 2640. The van der Waals surface area contributed by atoms with E-state index < -0.39 is 97.5 Å². The molecule has 3 N–H and O–H groups in total. The molecule has 5 atom stereocenters. The zero-order chi connectivity index (χ0) is 76.0. The topological polar surface area (TPSA) is 237 Å². The van der Waals surface area contributed by atoms with Crippen LogP contribution in [0.25, 0.3) is 0 Å². The highest BCUT2D eigenvalue weighted by atomic mass is 31.2. The van der Waals surface area contributed by atoms with Gasteiger partial charge in [-0.2, -0.15) is 0 Å². The Morgan fingerprint density at radius 2 is 0.529 bits per heavy atom. The van der Waals surface area contributed by atoms with E-state index in [0.717, 1.165) is 141 Å². The fourth-order valence-corrected chi connectivity index (χ4v) is 11.3. The van der Waals surface area contributed by atoms with Gasteiger partial charge in [0.15, 0.2) is 12.2 Å². The molecule has 0 saturated carbocycles. The third-order valence-corrected chi connectivity index (χ3v) is 17.6. The normalized spacial score (nSPS) is 14.8. The molecule has 0 radical (unpaired) electrons. The zero-order valence-corrected chi connectivity index (χ0v) is 66.2. The molecule has 104 heavy (non-hydrogen) atoms. The first-order valence-corrected chi connectivity index (χ1v) is 42.4. The first kappa shape index (κ1) is 98.4. The van der Waals surface area contributed by atoms with Gasteiger partial charge in [-0.25, -0.2) is 9.13 Å². The molecule has 0 saturated heterocycles. The second-order valence-electron chi connectivity index (χ2n) is 25.5. The van der Waals surface area contributed by atoms with Crippen molar-refractivity contribution in [1.29, 1.82) is 0 Å². The number of hydrogen-bond acceptors (Lipinski definition) is 15. The molecule has 0 bridgehead atoms. The van der Waals surface area contributed by atoms with Gasteiger partial charge in [-0.3, -0.25) is 37.3 Å². The van der Waals surface area contributed by atoms with Gasteiger partial charge in [0.25, 0.3) is 0 Å². The minimum absolute atomic E-state index is 0.0137. The molecule has 0 fully saturated rings. The third-order valence-electron chi connectivity index (χ3n) is 15.7. The molecule has 5 unspecified atom stereocenters. The standard InChI is InChI=1S/C85H138O17P2/c1-5-9-13-17-21-25-29-32-35-37-39-41-44-47-51-54-58-62-66-70-83(88)96-76-81(102-85(90)72-68-64-60-56-52-48-45-42-40-38-36-33-30-26-22-18-14-10-6-2)78-100-104(93,94)98-74-79(86)73-97-103(91,92)99-77-80(101-84(89)71-67-63-59-55-49-28-24-20-16-12-8-4)75-95-82(87)69-65-61-57-53-50-46-43-34-31-27-23-19-15-11-7-3/h9-10,13-14,20-22,24-26,32-36,39-43,47-48,51-52,58,60,62,64,79-81,86H,5-8,11-12,15-19,23,27-31,37-38,44-46,49-50,53-57,59,61,63,65-78H2,1-4H3,(H,91,92)(H,93,94)/b13-9-,14-10-,24-20-,25-21-,26-22-,35-32-,36-33-,41-39-,42-40-,43-34-,51-47-,52-48-,62-58-,64-60-. The highest BCUT2D eigenvalue weighted by Crippen LogP contribution is 2.45. The van der Waals surface area contributed by atoms with Crippen molar-refractivity contribution in [1.82, 2.24) is 0 Å². The van der Waals surface area contributed by atoms with E-state index in [4.69, 9.17) is 37.0 Å². The number of aliphatic hydroxyl groups is 1. The van der Waals surface area contributed by atoms with Gasteiger partial charge in [0, 0.05) is 25.7 Å². The summed E-state index contributed by atoms with van der Waals surface area (Å²) in [7, 11) is -10.0. The lowest BCUT2D eigenvalue weighted by Gasteiger charge is -2.21. The number of esters is 4. The summed E-state index contributed by atoms with van der Waals surface area (Å²) in [6, 6.07) is 0. The van der Waals surface area contributed by atoms with Crippen molar-refractivity contribution in [3.8, 4) is 0 Å². The Morgan fingerprint density at radius 1 is 0.279 bits per heavy atom. The third kappa shape index (κ3) is 74.7. The van der Waals surface area contributed by atoms with Gasteiger partial charge in [-0.05, 0) is 148 Å². The maximum atomic E-state index is 13.1. The van der Waals surface area contributed by atoms with E-state index in [1.165, 1.54) is 51.4 Å². The Balaban J connectivity index is 5.50. The van der Waals surface area contributed by atoms with Crippen LogP contribution in [0.1, 0.15) is 285 Å². The maximum absolute atomic E-state index is 13.1. The van der Waals surface area contributed by atoms with E-state index >= 15 is 0 Å². The van der Waals surface area contributed by atoms with Crippen molar-refractivity contribution >= 4 is 39.5 Å². The fraction of sp³-hybridized carbons (Fsp3) is 0.624. The summed E-state index contributed by atoms with van der Waals surface area (Å²) in [5.41, 5.74) is 0. The van der Waals surface area contributed by atoms with Crippen molar-refractivity contribution in [3.63, 3.8) is 0 Å². The molecule has 0 aliphatic rings. The first-order chi connectivity index (χ1) is 50.7. The van der Waals surface area contributed by atoms with Crippen molar-refractivity contribution in [2.75, 3.05) is 39.6 Å². The quantitative estimate of drug-likeness (QED) is 0.0169. The van der Waals surface area contributed by atoms with Crippen molar-refractivity contribution in [2.24, 2.45) is 0 Å². The van der Waals surface area contributed by atoms with Crippen LogP contribution >= 0.6 is 15.6 Å². The second-order valence-corrected chi connectivity index (χ2v) is 28.4. The van der Waals surface area contributed by atoms with Crippen LogP contribution in [0.15, 0.2) is 170 Å². The lowest BCUT2D eigenvalue weighted by Crippen LogP contribution is -2.30. The van der Waals surface area contributed by atoms with Crippen LogP contribution in [0.4, 0.5) is 0 Å². The molecule has 0 aliphatic carbocycles.